The standard InChI is InChI=1S/C26H21N5O5/c1-29(26(36)27-17-5-3-2-4-6-17)19-11-12-30(14-19)18-9-7-16-8-10-21-23(20(16)13-18)31(15-22(32)33)25(35)24(34)28-21/h2-14H,15H2,1H3,(H,27,36)(H,28,34)(H,32,33). The molecule has 0 atom stereocenters. The molecule has 0 fully saturated rings. The van der Waals surface area contributed by atoms with Crippen molar-refractivity contribution in [2.24, 2.45) is 0 Å². The first-order valence-corrected chi connectivity index (χ1v) is 11.0. The van der Waals surface area contributed by atoms with Crippen LogP contribution in [0.2, 0.25) is 0 Å². The molecule has 0 bridgehead atoms. The van der Waals surface area contributed by atoms with Crippen molar-refractivity contribution in [3.8, 4) is 5.69 Å². The molecule has 0 aliphatic carbocycles. The van der Waals surface area contributed by atoms with Crippen LogP contribution in [-0.2, 0) is 11.3 Å². The summed E-state index contributed by atoms with van der Waals surface area (Å²) < 4.78 is 2.79. The molecule has 0 aliphatic heterocycles. The number of fused-ring (bicyclic) bond motifs is 3. The maximum Gasteiger partial charge on any atom is 0.326 e. The fourth-order valence-electron chi connectivity index (χ4n) is 4.12. The zero-order valence-electron chi connectivity index (χ0n) is 19.1. The average molecular weight is 483 g/mol. The topological polar surface area (TPSA) is 129 Å². The number of amides is 2. The third kappa shape index (κ3) is 4.11. The van der Waals surface area contributed by atoms with Gasteiger partial charge in [0.2, 0.25) is 0 Å². The predicted molar refractivity (Wildman–Crippen MR) is 137 cm³/mol. The molecule has 3 aromatic carbocycles. The van der Waals surface area contributed by atoms with E-state index in [2.05, 4.69) is 10.3 Å². The second kappa shape index (κ2) is 8.91. The smallest absolute Gasteiger partial charge is 0.326 e. The van der Waals surface area contributed by atoms with E-state index in [0.29, 0.717) is 27.8 Å². The Bertz CT molecular complexity index is 1750. The number of aromatic amines is 1. The molecule has 0 unspecified atom stereocenters. The lowest BCUT2D eigenvalue weighted by molar-refractivity contribution is -0.137. The molecule has 36 heavy (non-hydrogen) atoms. The van der Waals surface area contributed by atoms with Crippen molar-refractivity contribution in [3.05, 3.63) is 99.8 Å². The second-order valence-corrected chi connectivity index (χ2v) is 8.24. The number of para-hydroxylation sites is 1. The van der Waals surface area contributed by atoms with Gasteiger partial charge in [-0.2, -0.15) is 0 Å². The number of rotatable bonds is 5. The number of nitrogens with zero attached hydrogens (tertiary/aromatic N) is 3. The monoisotopic (exact) mass is 483 g/mol. The number of anilines is 2. The van der Waals surface area contributed by atoms with Crippen LogP contribution in [0.4, 0.5) is 16.2 Å². The number of nitrogens with one attached hydrogen (secondary N) is 2. The molecule has 5 rings (SSSR count). The fraction of sp³-hybridized carbons (Fsp3) is 0.0769. The lowest BCUT2D eigenvalue weighted by Crippen LogP contribution is -2.37. The van der Waals surface area contributed by atoms with Crippen molar-refractivity contribution in [1.29, 1.82) is 0 Å². The molecule has 3 N–H and O–H groups in total. The van der Waals surface area contributed by atoms with Crippen LogP contribution in [0.5, 0.6) is 0 Å². The maximum absolute atomic E-state index is 12.7. The minimum atomic E-state index is -1.23. The van der Waals surface area contributed by atoms with Crippen LogP contribution >= 0.6 is 0 Å². The van der Waals surface area contributed by atoms with Gasteiger partial charge < -0.3 is 20.0 Å². The second-order valence-electron chi connectivity index (χ2n) is 8.24. The van der Waals surface area contributed by atoms with E-state index in [1.807, 2.05) is 41.0 Å². The van der Waals surface area contributed by atoms with E-state index >= 15 is 0 Å². The van der Waals surface area contributed by atoms with Gasteiger partial charge in [0.05, 0.1) is 16.7 Å². The van der Waals surface area contributed by atoms with Gasteiger partial charge in [-0.15, -0.1) is 0 Å². The summed E-state index contributed by atoms with van der Waals surface area (Å²) in [4.78, 5) is 52.7. The number of hydrogen-bond acceptors (Lipinski definition) is 4. The van der Waals surface area contributed by atoms with E-state index in [0.717, 1.165) is 15.6 Å². The van der Waals surface area contributed by atoms with Crippen LogP contribution in [0.3, 0.4) is 0 Å². The molecule has 0 saturated carbocycles. The van der Waals surface area contributed by atoms with Crippen LogP contribution in [0.25, 0.3) is 27.5 Å². The highest BCUT2D eigenvalue weighted by molar-refractivity contribution is 6.05. The largest absolute Gasteiger partial charge is 0.480 e. The van der Waals surface area contributed by atoms with Gasteiger partial charge in [0.25, 0.3) is 0 Å². The molecule has 2 amide bonds. The molecule has 180 valence electrons. The van der Waals surface area contributed by atoms with Crippen LogP contribution < -0.4 is 21.3 Å². The molecular formula is C26H21N5O5. The molecule has 10 heteroatoms. The zero-order chi connectivity index (χ0) is 25.4. The van der Waals surface area contributed by atoms with E-state index in [4.69, 9.17) is 0 Å². The summed E-state index contributed by atoms with van der Waals surface area (Å²) in [6, 6.07) is 19.6. The van der Waals surface area contributed by atoms with Crippen molar-refractivity contribution >= 4 is 45.2 Å². The van der Waals surface area contributed by atoms with Gasteiger partial charge in [0.15, 0.2) is 0 Å². The average Bonchev–Trinajstić information content (AvgIpc) is 3.36. The molecule has 0 radical (unpaired) electrons. The quantitative estimate of drug-likeness (QED) is 0.261. The number of carboxylic acid groups (broad SMARTS) is 1. The number of carboxylic acids is 1. The third-order valence-corrected chi connectivity index (χ3v) is 5.92. The Labute approximate surface area is 203 Å². The number of urea groups is 1. The van der Waals surface area contributed by atoms with Gasteiger partial charge in [-0.05, 0) is 41.8 Å². The van der Waals surface area contributed by atoms with Crippen molar-refractivity contribution in [1.82, 2.24) is 14.1 Å². The SMILES string of the molecule is CN(C(=O)Nc1ccccc1)c1ccn(-c2ccc3ccc4[nH]c(=O)c(=O)n(CC(=O)O)c4c3c2)c1. The Balaban J connectivity index is 1.55. The normalized spacial score (nSPS) is 11.0. The summed E-state index contributed by atoms with van der Waals surface area (Å²) >= 11 is 0. The number of carbonyl (C=O) groups is 2. The third-order valence-electron chi connectivity index (χ3n) is 5.92. The van der Waals surface area contributed by atoms with Crippen LogP contribution in [-0.4, -0.2) is 38.3 Å². The zero-order valence-corrected chi connectivity index (χ0v) is 19.1. The van der Waals surface area contributed by atoms with E-state index in [-0.39, 0.29) is 6.03 Å². The highest BCUT2D eigenvalue weighted by Gasteiger charge is 2.15. The number of aromatic nitrogens is 3. The number of carbonyl (C=O) groups excluding carboxylic acids is 1. The Morgan fingerprint density at radius 2 is 1.78 bits per heavy atom. The van der Waals surface area contributed by atoms with E-state index in [1.165, 1.54) is 4.90 Å². The number of benzene rings is 3. The summed E-state index contributed by atoms with van der Waals surface area (Å²) in [5, 5.41) is 13.5. The van der Waals surface area contributed by atoms with Gasteiger partial charge in [-0.3, -0.25) is 23.9 Å². The lowest BCUT2D eigenvalue weighted by atomic mass is 10.1. The summed E-state index contributed by atoms with van der Waals surface area (Å²) in [7, 11) is 1.66. The van der Waals surface area contributed by atoms with Crippen molar-refractivity contribution in [3.63, 3.8) is 0 Å². The predicted octanol–water partition coefficient (Wildman–Crippen LogP) is 3.39. The van der Waals surface area contributed by atoms with Gasteiger partial charge in [0, 0.05) is 36.2 Å². The maximum atomic E-state index is 12.7. The fourth-order valence-corrected chi connectivity index (χ4v) is 4.12. The highest BCUT2D eigenvalue weighted by Crippen LogP contribution is 2.27. The Morgan fingerprint density at radius 1 is 1.03 bits per heavy atom. The van der Waals surface area contributed by atoms with Gasteiger partial charge in [0.1, 0.15) is 6.54 Å². The number of aliphatic carboxylic acids is 1. The number of hydrogen-bond donors (Lipinski definition) is 3. The molecule has 2 aromatic heterocycles. The first-order valence-electron chi connectivity index (χ1n) is 11.0. The van der Waals surface area contributed by atoms with E-state index in [9.17, 15) is 24.3 Å². The summed E-state index contributed by atoms with van der Waals surface area (Å²) in [6.45, 7) is -0.641. The Kier molecular flexibility index (Phi) is 5.61. The van der Waals surface area contributed by atoms with Crippen molar-refractivity contribution in [2.75, 3.05) is 17.3 Å². The summed E-state index contributed by atoms with van der Waals surface area (Å²) in [6.07, 6.45) is 3.57. The van der Waals surface area contributed by atoms with Crippen molar-refractivity contribution in [2.45, 2.75) is 6.54 Å². The lowest BCUT2D eigenvalue weighted by Gasteiger charge is -2.16. The Morgan fingerprint density at radius 3 is 2.53 bits per heavy atom. The first-order chi connectivity index (χ1) is 17.3. The summed E-state index contributed by atoms with van der Waals surface area (Å²) in [5.41, 5.74) is 0.917. The van der Waals surface area contributed by atoms with Gasteiger partial charge in [-0.25, -0.2) is 4.79 Å². The molecular weight excluding hydrogens is 462 g/mol. The number of H-pyrrole nitrogens is 1. The minimum absolute atomic E-state index is 0.301. The van der Waals surface area contributed by atoms with Gasteiger partial charge in [-0.1, -0.05) is 30.3 Å². The van der Waals surface area contributed by atoms with Crippen LogP contribution in [0.15, 0.2) is 88.7 Å². The van der Waals surface area contributed by atoms with Crippen LogP contribution in [0.1, 0.15) is 0 Å². The molecule has 0 aliphatic rings. The molecule has 0 spiro atoms. The molecule has 10 nitrogen and oxygen atoms in total. The Hall–Kier alpha value is -5.12. The molecule has 2 heterocycles. The first kappa shape index (κ1) is 22.7. The summed E-state index contributed by atoms with van der Waals surface area (Å²) in [5.74, 6) is -1.23. The van der Waals surface area contributed by atoms with E-state index in [1.54, 1.807) is 49.8 Å². The molecule has 5 aromatic rings. The van der Waals surface area contributed by atoms with Gasteiger partial charge >= 0.3 is 23.1 Å². The highest BCUT2D eigenvalue weighted by atomic mass is 16.4. The molecule has 0 saturated heterocycles. The van der Waals surface area contributed by atoms with E-state index < -0.39 is 23.6 Å². The van der Waals surface area contributed by atoms with Crippen LogP contribution in [0, 0.1) is 0 Å². The van der Waals surface area contributed by atoms with Crippen molar-refractivity contribution < 1.29 is 14.7 Å². The minimum Gasteiger partial charge on any atom is -0.480 e.